The number of carboxylic acids is 1. The van der Waals surface area contributed by atoms with Crippen LogP contribution in [0, 0.1) is 6.92 Å². The number of hydrogen-bond acceptors (Lipinski definition) is 8. The molecule has 3 N–H and O–H groups in total. The molecule has 0 aliphatic carbocycles. The number of carboxylic acid groups (broad SMARTS) is 1. The van der Waals surface area contributed by atoms with E-state index in [1.807, 2.05) is 62.1 Å². The fourth-order valence-corrected chi connectivity index (χ4v) is 5.18. The molecule has 0 radical (unpaired) electrons. The molecule has 2 unspecified atom stereocenters. The van der Waals surface area contributed by atoms with Crippen LogP contribution in [0.25, 0.3) is 10.8 Å². The van der Waals surface area contributed by atoms with Gasteiger partial charge < -0.3 is 20.6 Å². The van der Waals surface area contributed by atoms with Gasteiger partial charge in [0.1, 0.15) is 23.2 Å². The summed E-state index contributed by atoms with van der Waals surface area (Å²) < 4.78 is 0. The van der Waals surface area contributed by atoms with Crippen LogP contribution in [-0.2, 0) is 11.2 Å². The van der Waals surface area contributed by atoms with Gasteiger partial charge in [0.2, 0.25) is 0 Å². The number of carbonyl (C=O) groups is 1. The summed E-state index contributed by atoms with van der Waals surface area (Å²) >= 11 is 0. The van der Waals surface area contributed by atoms with Gasteiger partial charge in [-0.3, -0.25) is 14.6 Å². The van der Waals surface area contributed by atoms with Gasteiger partial charge in [0.15, 0.2) is 0 Å². The molecule has 2 aromatic carbocycles. The summed E-state index contributed by atoms with van der Waals surface area (Å²) in [5.41, 5.74) is 1.69. The monoisotopic (exact) mass is 499 g/mol. The number of anilines is 4. The zero-order valence-corrected chi connectivity index (χ0v) is 21.0. The van der Waals surface area contributed by atoms with Crippen LogP contribution >= 0.6 is 0 Å². The molecule has 5 rings (SSSR count). The third-order valence-electron chi connectivity index (χ3n) is 7.13. The van der Waals surface area contributed by atoms with Crippen molar-refractivity contribution in [3.8, 4) is 0 Å². The maximum Gasteiger partial charge on any atom is 0.326 e. The van der Waals surface area contributed by atoms with Crippen molar-refractivity contribution in [2.24, 2.45) is 0 Å². The number of benzene rings is 1. The Morgan fingerprint density at radius 2 is 1.81 bits per heavy atom. The van der Waals surface area contributed by atoms with Gasteiger partial charge in [-0.2, -0.15) is 0 Å². The second-order valence-corrected chi connectivity index (χ2v) is 9.83. The van der Waals surface area contributed by atoms with Crippen molar-refractivity contribution in [1.29, 1.82) is 0 Å². The molecule has 9 heteroatoms. The average molecular weight is 500 g/mol. The van der Waals surface area contributed by atoms with Gasteiger partial charge in [-0.15, -0.1) is 0 Å². The number of aryl methyl sites for hydroxylation is 1. The zero-order chi connectivity index (χ0) is 26.3. The van der Waals surface area contributed by atoms with E-state index in [-0.39, 0.29) is 24.2 Å². The second-order valence-electron chi connectivity index (χ2n) is 9.83. The lowest BCUT2D eigenvalue weighted by Crippen LogP contribution is -2.48. The summed E-state index contributed by atoms with van der Waals surface area (Å²) in [6.45, 7) is 5.96. The van der Waals surface area contributed by atoms with Crippen LogP contribution in [-0.4, -0.2) is 39.2 Å². The van der Waals surface area contributed by atoms with Crippen molar-refractivity contribution in [2.75, 3.05) is 15.5 Å². The average Bonchev–Trinajstić information content (AvgIpc) is 3.20. The van der Waals surface area contributed by atoms with Crippen molar-refractivity contribution < 1.29 is 9.90 Å². The van der Waals surface area contributed by atoms with Crippen molar-refractivity contribution in [3.05, 3.63) is 80.5 Å². The molecule has 4 aromatic rings. The van der Waals surface area contributed by atoms with Crippen molar-refractivity contribution in [2.45, 2.75) is 58.2 Å². The van der Waals surface area contributed by atoms with Crippen molar-refractivity contribution in [1.82, 2.24) is 9.97 Å². The molecule has 190 valence electrons. The maximum atomic E-state index is 12.4. The predicted molar refractivity (Wildman–Crippen MR) is 145 cm³/mol. The van der Waals surface area contributed by atoms with E-state index in [9.17, 15) is 19.5 Å². The molecule has 0 saturated carbocycles. The fourth-order valence-electron chi connectivity index (χ4n) is 5.18. The highest BCUT2D eigenvalue weighted by Crippen LogP contribution is 2.33. The SMILES string of the molecule is Cc1cc2ccncc2c(Nc2ccc(C[C@H](Nc3c(N4C(C)CCC4C)c(=O)c3=O)C(=O)O)cc2)n1. The largest absolute Gasteiger partial charge is 0.480 e. The lowest BCUT2D eigenvalue weighted by Gasteiger charge is -2.32. The second kappa shape index (κ2) is 9.65. The Labute approximate surface area is 213 Å². The van der Waals surface area contributed by atoms with Crippen molar-refractivity contribution in [3.63, 3.8) is 0 Å². The van der Waals surface area contributed by atoms with E-state index in [0.717, 1.165) is 40.6 Å². The van der Waals surface area contributed by atoms with Crippen LogP contribution in [0.15, 0.2) is 58.4 Å². The Morgan fingerprint density at radius 1 is 1.11 bits per heavy atom. The molecule has 3 atom stereocenters. The highest BCUT2D eigenvalue weighted by molar-refractivity contribution is 5.93. The first-order valence-corrected chi connectivity index (χ1v) is 12.4. The molecule has 9 nitrogen and oxygen atoms in total. The predicted octanol–water partition coefficient (Wildman–Crippen LogP) is 3.76. The van der Waals surface area contributed by atoms with E-state index >= 15 is 0 Å². The Bertz CT molecular complexity index is 1530. The Hall–Kier alpha value is -4.27. The molecule has 0 amide bonds. The van der Waals surface area contributed by atoms with Crippen LogP contribution in [0.4, 0.5) is 22.9 Å². The molecule has 1 aliphatic heterocycles. The van der Waals surface area contributed by atoms with Crippen molar-refractivity contribution >= 4 is 39.6 Å². The minimum atomic E-state index is -1.09. The molecule has 0 bridgehead atoms. The minimum Gasteiger partial charge on any atom is -0.480 e. The number of aliphatic carboxylic acids is 1. The van der Waals surface area contributed by atoms with Crippen LogP contribution in [0.3, 0.4) is 0 Å². The number of nitrogens with one attached hydrogen (secondary N) is 2. The van der Waals surface area contributed by atoms with Crippen LogP contribution < -0.4 is 26.4 Å². The first-order chi connectivity index (χ1) is 17.7. The first kappa shape index (κ1) is 24.4. The number of hydrogen-bond donors (Lipinski definition) is 3. The smallest absolute Gasteiger partial charge is 0.326 e. The summed E-state index contributed by atoms with van der Waals surface area (Å²) in [7, 11) is 0. The zero-order valence-electron chi connectivity index (χ0n) is 21.0. The van der Waals surface area contributed by atoms with E-state index in [4.69, 9.17) is 0 Å². The number of rotatable bonds is 8. The topological polar surface area (TPSA) is 125 Å². The van der Waals surface area contributed by atoms with Crippen LogP contribution in [0.5, 0.6) is 0 Å². The molecule has 1 saturated heterocycles. The van der Waals surface area contributed by atoms with E-state index in [2.05, 4.69) is 20.6 Å². The highest BCUT2D eigenvalue weighted by Gasteiger charge is 2.36. The van der Waals surface area contributed by atoms with Gasteiger partial charge in [0.05, 0.1) is 0 Å². The summed E-state index contributed by atoms with van der Waals surface area (Å²) in [4.78, 5) is 47.6. The van der Waals surface area contributed by atoms with E-state index in [1.54, 1.807) is 12.4 Å². The van der Waals surface area contributed by atoms with Gasteiger partial charge >= 0.3 is 5.97 Å². The number of nitrogens with zero attached hydrogens (tertiary/aromatic N) is 3. The highest BCUT2D eigenvalue weighted by atomic mass is 16.4. The molecule has 1 fully saturated rings. The van der Waals surface area contributed by atoms with Gasteiger partial charge in [-0.1, -0.05) is 12.1 Å². The lowest BCUT2D eigenvalue weighted by atomic mass is 10.0. The Morgan fingerprint density at radius 3 is 2.49 bits per heavy atom. The molecule has 3 heterocycles. The third-order valence-corrected chi connectivity index (χ3v) is 7.13. The molecule has 0 spiro atoms. The first-order valence-electron chi connectivity index (χ1n) is 12.4. The van der Waals surface area contributed by atoms with Gasteiger partial charge in [-0.05, 0) is 68.8 Å². The molecule has 37 heavy (non-hydrogen) atoms. The summed E-state index contributed by atoms with van der Waals surface area (Å²) in [5.74, 6) is -0.398. The maximum absolute atomic E-state index is 12.4. The normalized spacial score (nSPS) is 18.3. The fraction of sp³-hybridized carbons (Fsp3) is 0.321. The summed E-state index contributed by atoms with van der Waals surface area (Å²) in [6.07, 6.45) is 5.50. The lowest BCUT2D eigenvalue weighted by molar-refractivity contribution is -0.137. The van der Waals surface area contributed by atoms with Crippen LogP contribution in [0.1, 0.15) is 37.9 Å². The molecule has 2 aromatic heterocycles. The standard InChI is InChI=1S/C28H29N5O4/c1-15-12-19-10-11-29-14-21(19)27(30-15)31-20-8-6-18(7-9-20)13-22(28(36)37)32-23-24(26(35)25(23)34)33-16(2)4-5-17(33)3/h6-12,14,16-17,22,32H,4-5,13H2,1-3H3,(H,30,31)(H,36,37)/t16?,17?,22-/m0/s1. The number of pyridine rings is 2. The molecule has 1 aliphatic rings. The summed E-state index contributed by atoms with van der Waals surface area (Å²) in [5, 5.41) is 18.0. The van der Waals surface area contributed by atoms with E-state index in [0.29, 0.717) is 11.5 Å². The molecular weight excluding hydrogens is 470 g/mol. The molecular formula is C28H29N5O4. The Kier molecular flexibility index (Phi) is 6.37. The Balaban J connectivity index is 1.33. The third kappa shape index (κ3) is 4.64. The summed E-state index contributed by atoms with van der Waals surface area (Å²) in [6, 6.07) is 10.5. The van der Waals surface area contributed by atoms with Gasteiger partial charge in [0, 0.05) is 47.7 Å². The van der Waals surface area contributed by atoms with E-state index < -0.39 is 22.9 Å². The number of aromatic nitrogens is 2. The van der Waals surface area contributed by atoms with Gasteiger partial charge in [-0.25, -0.2) is 9.78 Å². The van der Waals surface area contributed by atoms with Gasteiger partial charge in [0.25, 0.3) is 10.9 Å². The van der Waals surface area contributed by atoms with E-state index in [1.165, 1.54) is 0 Å². The minimum absolute atomic E-state index is 0.113. The van der Waals surface area contributed by atoms with Crippen LogP contribution in [0.2, 0.25) is 0 Å². The number of fused-ring (bicyclic) bond motifs is 1. The quantitative estimate of drug-likeness (QED) is 0.311.